The molecule has 0 spiro atoms. The van der Waals surface area contributed by atoms with E-state index in [-0.39, 0.29) is 11.3 Å². The second-order valence-electron chi connectivity index (χ2n) is 6.23. The summed E-state index contributed by atoms with van der Waals surface area (Å²) >= 11 is 5.86. The summed E-state index contributed by atoms with van der Waals surface area (Å²) in [6, 6.07) is 9.48. The number of nitrogens with one attached hydrogen (secondary N) is 1. The van der Waals surface area contributed by atoms with E-state index in [0.717, 1.165) is 11.0 Å². The van der Waals surface area contributed by atoms with Crippen LogP contribution in [0.25, 0.3) is 0 Å². The minimum Gasteiger partial charge on any atom is -0.494 e. The van der Waals surface area contributed by atoms with Crippen LogP contribution in [0, 0.1) is 5.82 Å². The van der Waals surface area contributed by atoms with Crippen LogP contribution < -0.4 is 10.1 Å². The Morgan fingerprint density at radius 3 is 2.48 bits per heavy atom. The Morgan fingerprint density at radius 2 is 1.89 bits per heavy atom. The van der Waals surface area contributed by atoms with Crippen LogP contribution in [0.15, 0.2) is 42.5 Å². The van der Waals surface area contributed by atoms with Crippen LogP contribution in [0.3, 0.4) is 0 Å². The molecule has 0 aliphatic carbocycles. The topological polar surface area (TPSA) is 75.7 Å². The summed E-state index contributed by atoms with van der Waals surface area (Å²) < 4.78 is 18.6. The third-order valence-electron chi connectivity index (χ3n) is 4.47. The van der Waals surface area contributed by atoms with Crippen molar-refractivity contribution in [2.75, 3.05) is 13.7 Å². The van der Waals surface area contributed by atoms with Crippen molar-refractivity contribution in [1.82, 2.24) is 10.2 Å². The standard InChI is InChI=1S/C19H16ClFN2O4/c1-19(12-4-6-13(20)7-5-12)17(25)23(18(26)22-19)10-15(24)11-3-8-16(27-2)14(21)9-11/h3-9H,10H2,1-2H3,(H,22,26)/t19-/m0/s1. The molecule has 0 unspecified atom stereocenters. The van der Waals surface area contributed by atoms with E-state index in [2.05, 4.69) is 5.32 Å². The summed E-state index contributed by atoms with van der Waals surface area (Å²) in [5.41, 5.74) is -0.739. The summed E-state index contributed by atoms with van der Waals surface area (Å²) in [4.78, 5) is 38.4. The summed E-state index contributed by atoms with van der Waals surface area (Å²) in [5.74, 6) is -1.85. The van der Waals surface area contributed by atoms with Crippen molar-refractivity contribution >= 4 is 29.3 Å². The number of halogens is 2. The molecule has 140 valence electrons. The largest absolute Gasteiger partial charge is 0.494 e. The van der Waals surface area contributed by atoms with Gasteiger partial charge in [-0.05, 0) is 42.8 Å². The molecule has 0 radical (unpaired) electrons. The van der Waals surface area contributed by atoms with Crippen molar-refractivity contribution in [3.63, 3.8) is 0 Å². The van der Waals surface area contributed by atoms with Gasteiger partial charge in [0.2, 0.25) is 0 Å². The number of amides is 3. The van der Waals surface area contributed by atoms with E-state index in [4.69, 9.17) is 16.3 Å². The number of urea groups is 1. The SMILES string of the molecule is COc1ccc(C(=O)CN2C(=O)N[C@@](C)(c3ccc(Cl)cc3)C2=O)cc1F. The van der Waals surface area contributed by atoms with E-state index in [1.165, 1.54) is 19.2 Å². The first-order chi connectivity index (χ1) is 12.8. The van der Waals surface area contributed by atoms with E-state index in [0.29, 0.717) is 10.6 Å². The number of benzene rings is 2. The molecule has 27 heavy (non-hydrogen) atoms. The second kappa shape index (κ2) is 7.00. The molecule has 1 aliphatic rings. The lowest BCUT2D eigenvalue weighted by Crippen LogP contribution is -2.41. The highest BCUT2D eigenvalue weighted by molar-refractivity contribution is 6.30. The molecule has 2 aromatic rings. The van der Waals surface area contributed by atoms with Crippen molar-refractivity contribution in [3.05, 3.63) is 64.4 Å². The third kappa shape index (κ3) is 3.38. The van der Waals surface area contributed by atoms with Gasteiger partial charge in [-0.25, -0.2) is 9.18 Å². The first kappa shape index (κ1) is 18.8. The Hall–Kier alpha value is -2.93. The molecule has 1 atom stereocenters. The van der Waals surface area contributed by atoms with Crippen LogP contribution in [-0.2, 0) is 10.3 Å². The van der Waals surface area contributed by atoms with E-state index in [1.54, 1.807) is 31.2 Å². The van der Waals surface area contributed by atoms with Gasteiger partial charge >= 0.3 is 6.03 Å². The highest BCUT2D eigenvalue weighted by Gasteiger charge is 2.49. The van der Waals surface area contributed by atoms with E-state index < -0.39 is 35.6 Å². The molecule has 3 amide bonds. The first-order valence-electron chi connectivity index (χ1n) is 8.03. The van der Waals surface area contributed by atoms with Crippen molar-refractivity contribution < 1.29 is 23.5 Å². The Morgan fingerprint density at radius 1 is 1.22 bits per heavy atom. The lowest BCUT2D eigenvalue weighted by Gasteiger charge is -2.22. The third-order valence-corrected chi connectivity index (χ3v) is 4.72. The molecule has 1 heterocycles. The molecule has 1 aliphatic heterocycles. The number of Topliss-reactive ketones (excluding diaryl/α,β-unsaturated/α-hetero) is 1. The van der Waals surface area contributed by atoms with E-state index in [9.17, 15) is 18.8 Å². The molecular weight excluding hydrogens is 375 g/mol. The molecule has 1 N–H and O–H groups in total. The fourth-order valence-electron chi connectivity index (χ4n) is 2.89. The molecule has 0 bridgehead atoms. The number of imide groups is 1. The van der Waals surface area contributed by atoms with E-state index in [1.807, 2.05) is 0 Å². The summed E-state index contributed by atoms with van der Waals surface area (Å²) in [5, 5.41) is 3.09. The van der Waals surface area contributed by atoms with Crippen LogP contribution in [0.1, 0.15) is 22.8 Å². The Bertz CT molecular complexity index is 932. The zero-order valence-electron chi connectivity index (χ0n) is 14.6. The zero-order chi connectivity index (χ0) is 19.8. The van der Waals surface area contributed by atoms with Gasteiger partial charge in [0, 0.05) is 10.6 Å². The van der Waals surface area contributed by atoms with Gasteiger partial charge in [0.15, 0.2) is 17.3 Å². The fraction of sp³-hybridized carbons (Fsp3) is 0.211. The van der Waals surface area contributed by atoms with Crippen LogP contribution in [0.2, 0.25) is 5.02 Å². The predicted octanol–water partition coefficient (Wildman–Crippen LogP) is 3.14. The first-order valence-corrected chi connectivity index (χ1v) is 8.41. The van der Waals surface area contributed by atoms with Crippen LogP contribution >= 0.6 is 11.6 Å². The number of ether oxygens (including phenoxy) is 1. The van der Waals surface area contributed by atoms with Gasteiger partial charge < -0.3 is 10.1 Å². The number of methoxy groups -OCH3 is 1. The van der Waals surface area contributed by atoms with Gasteiger partial charge in [-0.15, -0.1) is 0 Å². The maximum atomic E-state index is 13.8. The van der Waals surface area contributed by atoms with Gasteiger partial charge in [0.1, 0.15) is 5.54 Å². The van der Waals surface area contributed by atoms with Crippen molar-refractivity contribution in [2.24, 2.45) is 0 Å². The maximum absolute atomic E-state index is 13.8. The zero-order valence-corrected chi connectivity index (χ0v) is 15.3. The summed E-state index contributed by atoms with van der Waals surface area (Å²) in [6.45, 7) is 1.05. The van der Waals surface area contributed by atoms with Gasteiger partial charge in [0.25, 0.3) is 5.91 Å². The van der Waals surface area contributed by atoms with Crippen LogP contribution in [0.5, 0.6) is 5.75 Å². The molecule has 1 saturated heterocycles. The number of rotatable bonds is 5. The number of nitrogens with zero attached hydrogens (tertiary/aromatic N) is 1. The van der Waals surface area contributed by atoms with Gasteiger partial charge in [-0.1, -0.05) is 23.7 Å². The molecule has 3 rings (SSSR count). The molecule has 1 fully saturated rings. The molecule has 0 saturated carbocycles. The molecule has 0 aromatic heterocycles. The Balaban J connectivity index is 1.82. The number of hydrogen-bond donors (Lipinski definition) is 1. The van der Waals surface area contributed by atoms with Crippen molar-refractivity contribution in [2.45, 2.75) is 12.5 Å². The van der Waals surface area contributed by atoms with Gasteiger partial charge in [-0.3, -0.25) is 14.5 Å². The Labute approximate surface area is 159 Å². The number of carbonyl (C=O) groups is 3. The fourth-order valence-corrected chi connectivity index (χ4v) is 3.02. The van der Waals surface area contributed by atoms with Crippen molar-refractivity contribution in [1.29, 1.82) is 0 Å². The summed E-state index contributed by atoms with van der Waals surface area (Å²) in [7, 11) is 1.31. The molecule has 8 heteroatoms. The minimum absolute atomic E-state index is 0.00291. The average molecular weight is 391 g/mol. The van der Waals surface area contributed by atoms with Crippen LogP contribution in [-0.4, -0.2) is 36.3 Å². The number of carbonyl (C=O) groups excluding carboxylic acids is 3. The quantitative estimate of drug-likeness (QED) is 0.628. The van der Waals surface area contributed by atoms with Crippen LogP contribution in [0.4, 0.5) is 9.18 Å². The highest BCUT2D eigenvalue weighted by Crippen LogP contribution is 2.30. The normalized spacial score (nSPS) is 19.2. The molecular formula is C19H16ClFN2O4. The molecule has 6 nitrogen and oxygen atoms in total. The lowest BCUT2D eigenvalue weighted by molar-refractivity contribution is -0.130. The Kier molecular flexibility index (Phi) is 4.89. The number of ketones is 1. The lowest BCUT2D eigenvalue weighted by atomic mass is 9.92. The maximum Gasteiger partial charge on any atom is 0.325 e. The predicted molar refractivity (Wildman–Crippen MR) is 96.3 cm³/mol. The average Bonchev–Trinajstić information content (AvgIpc) is 2.86. The van der Waals surface area contributed by atoms with Gasteiger partial charge in [-0.2, -0.15) is 0 Å². The smallest absolute Gasteiger partial charge is 0.325 e. The number of hydrogen-bond acceptors (Lipinski definition) is 4. The van der Waals surface area contributed by atoms with Gasteiger partial charge in [0.05, 0.1) is 13.7 Å². The molecule has 2 aromatic carbocycles. The summed E-state index contributed by atoms with van der Waals surface area (Å²) in [6.07, 6.45) is 0. The monoisotopic (exact) mass is 390 g/mol. The van der Waals surface area contributed by atoms with Crippen molar-refractivity contribution in [3.8, 4) is 5.75 Å². The second-order valence-corrected chi connectivity index (χ2v) is 6.66. The highest BCUT2D eigenvalue weighted by atomic mass is 35.5. The van der Waals surface area contributed by atoms with E-state index >= 15 is 0 Å². The minimum atomic E-state index is -1.31.